The predicted octanol–water partition coefficient (Wildman–Crippen LogP) is 3.42. The number of halogens is 2. The van der Waals surface area contributed by atoms with Crippen LogP contribution in [-0.4, -0.2) is 40.8 Å². The molecule has 1 fully saturated rings. The quantitative estimate of drug-likeness (QED) is 0.754. The second kappa shape index (κ2) is 8.90. The molecule has 3 rings (SSSR count). The smallest absolute Gasteiger partial charge is 0.253 e. The van der Waals surface area contributed by atoms with Gasteiger partial charge in [-0.25, -0.2) is 4.39 Å². The van der Waals surface area contributed by atoms with Gasteiger partial charge in [0.15, 0.2) is 0 Å². The highest BCUT2D eigenvalue weighted by molar-refractivity contribution is 9.10. The van der Waals surface area contributed by atoms with Gasteiger partial charge in [0, 0.05) is 47.6 Å². The maximum atomic E-state index is 13.7. The van der Waals surface area contributed by atoms with E-state index >= 15 is 0 Å². The molecule has 0 aliphatic carbocycles. The standard InChI is InChI=1S/C20H19BrFN3O2/c21-16-4-5-18(22)14(12-16)3-6-19(26)25-10-7-17(8-11-25)24-20(27)15-2-1-9-23-13-15/h1-6,9,12-13,17H,7-8,10-11H2,(H,24,27)/b6-3+. The average Bonchev–Trinajstić information content (AvgIpc) is 2.69. The first-order valence-electron chi connectivity index (χ1n) is 8.66. The van der Waals surface area contributed by atoms with Crippen molar-refractivity contribution in [3.63, 3.8) is 0 Å². The van der Waals surface area contributed by atoms with Crippen LogP contribution in [0.4, 0.5) is 4.39 Å². The highest BCUT2D eigenvalue weighted by atomic mass is 79.9. The molecule has 2 heterocycles. The summed E-state index contributed by atoms with van der Waals surface area (Å²) in [5, 5.41) is 2.98. The summed E-state index contributed by atoms with van der Waals surface area (Å²) in [6.07, 6.45) is 7.38. The molecule has 2 amide bonds. The number of nitrogens with zero attached hydrogens (tertiary/aromatic N) is 2. The molecule has 7 heteroatoms. The van der Waals surface area contributed by atoms with Crippen LogP contribution in [0.25, 0.3) is 6.08 Å². The number of carbonyl (C=O) groups is 2. The Morgan fingerprint density at radius 2 is 2.04 bits per heavy atom. The zero-order valence-corrected chi connectivity index (χ0v) is 16.2. The van der Waals surface area contributed by atoms with Gasteiger partial charge in [0.25, 0.3) is 5.91 Å². The third-order valence-electron chi connectivity index (χ3n) is 4.43. The maximum absolute atomic E-state index is 13.7. The highest BCUT2D eigenvalue weighted by Gasteiger charge is 2.23. The van der Waals surface area contributed by atoms with Crippen molar-refractivity contribution in [1.29, 1.82) is 0 Å². The Hall–Kier alpha value is -2.54. The van der Waals surface area contributed by atoms with Crippen LogP contribution in [0, 0.1) is 5.82 Å². The molecule has 1 N–H and O–H groups in total. The van der Waals surface area contributed by atoms with Gasteiger partial charge in [0.1, 0.15) is 5.82 Å². The number of carbonyl (C=O) groups excluding carboxylic acids is 2. The van der Waals surface area contributed by atoms with E-state index in [0.717, 1.165) is 4.47 Å². The molecule has 1 aromatic heterocycles. The highest BCUT2D eigenvalue weighted by Crippen LogP contribution is 2.17. The fourth-order valence-corrected chi connectivity index (χ4v) is 3.30. The van der Waals surface area contributed by atoms with Crippen LogP contribution >= 0.6 is 15.9 Å². The van der Waals surface area contributed by atoms with E-state index in [4.69, 9.17) is 0 Å². The summed E-state index contributed by atoms with van der Waals surface area (Å²) >= 11 is 3.29. The van der Waals surface area contributed by atoms with Crippen LogP contribution in [-0.2, 0) is 4.79 Å². The van der Waals surface area contributed by atoms with E-state index in [0.29, 0.717) is 37.1 Å². The number of hydrogen-bond acceptors (Lipinski definition) is 3. The minimum atomic E-state index is -0.376. The molecule has 0 radical (unpaired) electrons. The zero-order chi connectivity index (χ0) is 19.2. The van der Waals surface area contributed by atoms with Crippen LogP contribution in [0.1, 0.15) is 28.8 Å². The second-order valence-corrected chi connectivity index (χ2v) is 7.23. The second-order valence-electron chi connectivity index (χ2n) is 6.31. The van der Waals surface area contributed by atoms with Crippen LogP contribution in [0.3, 0.4) is 0 Å². The molecule has 1 aromatic carbocycles. The molecular weight excluding hydrogens is 413 g/mol. The SMILES string of the molecule is O=C(NC1CCN(C(=O)/C=C/c2cc(Br)ccc2F)CC1)c1cccnc1. The predicted molar refractivity (Wildman–Crippen MR) is 104 cm³/mol. The van der Waals surface area contributed by atoms with Crippen molar-refractivity contribution in [2.24, 2.45) is 0 Å². The summed E-state index contributed by atoms with van der Waals surface area (Å²) in [5.41, 5.74) is 0.881. The fraction of sp³-hybridized carbons (Fsp3) is 0.250. The number of rotatable bonds is 4. The van der Waals surface area contributed by atoms with Crippen molar-refractivity contribution in [2.75, 3.05) is 13.1 Å². The molecule has 2 aromatic rings. The molecule has 0 unspecified atom stereocenters. The van der Waals surface area contributed by atoms with Crippen molar-refractivity contribution in [1.82, 2.24) is 15.2 Å². The van der Waals surface area contributed by atoms with E-state index in [-0.39, 0.29) is 23.7 Å². The van der Waals surface area contributed by atoms with Crippen molar-refractivity contribution < 1.29 is 14.0 Å². The van der Waals surface area contributed by atoms with Gasteiger partial charge in [-0.1, -0.05) is 15.9 Å². The largest absolute Gasteiger partial charge is 0.349 e. The van der Waals surface area contributed by atoms with Crippen molar-refractivity contribution >= 4 is 33.8 Å². The number of amides is 2. The first kappa shape index (κ1) is 19.2. The summed E-state index contributed by atoms with van der Waals surface area (Å²) in [6, 6.07) is 8.04. The third kappa shape index (κ3) is 5.23. The molecule has 1 aliphatic heterocycles. The molecule has 0 saturated carbocycles. The molecule has 1 aliphatic rings. The Labute approximate surface area is 165 Å². The number of pyridine rings is 1. The lowest BCUT2D eigenvalue weighted by Gasteiger charge is -2.31. The van der Waals surface area contributed by atoms with Gasteiger partial charge >= 0.3 is 0 Å². The Bertz CT molecular complexity index is 850. The van der Waals surface area contributed by atoms with E-state index < -0.39 is 0 Å². The molecule has 27 heavy (non-hydrogen) atoms. The lowest BCUT2D eigenvalue weighted by molar-refractivity contribution is -0.126. The Balaban J connectivity index is 1.51. The number of piperidine rings is 1. The van der Waals surface area contributed by atoms with E-state index in [1.54, 1.807) is 35.4 Å². The minimum Gasteiger partial charge on any atom is -0.349 e. The van der Waals surface area contributed by atoms with Gasteiger partial charge in [0.2, 0.25) is 5.91 Å². The summed E-state index contributed by atoms with van der Waals surface area (Å²) in [4.78, 5) is 30.1. The van der Waals surface area contributed by atoms with Crippen LogP contribution in [0.5, 0.6) is 0 Å². The van der Waals surface area contributed by atoms with Gasteiger partial charge in [0.05, 0.1) is 5.56 Å². The van der Waals surface area contributed by atoms with Crippen LogP contribution in [0.15, 0.2) is 53.3 Å². The van der Waals surface area contributed by atoms with E-state index in [1.165, 1.54) is 24.4 Å². The summed E-state index contributed by atoms with van der Waals surface area (Å²) < 4.78 is 14.5. The van der Waals surface area contributed by atoms with Gasteiger partial charge in [-0.15, -0.1) is 0 Å². The van der Waals surface area contributed by atoms with Crippen molar-refractivity contribution in [3.8, 4) is 0 Å². The zero-order valence-electron chi connectivity index (χ0n) is 14.6. The molecule has 0 bridgehead atoms. The Kier molecular flexibility index (Phi) is 6.34. The van der Waals surface area contributed by atoms with Gasteiger partial charge in [-0.2, -0.15) is 0 Å². The monoisotopic (exact) mass is 431 g/mol. The molecule has 0 atom stereocenters. The third-order valence-corrected chi connectivity index (χ3v) is 4.92. The first-order valence-corrected chi connectivity index (χ1v) is 9.45. The van der Waals surface area contributed by atoms with Gasteiger partial charge in [-0.3, -0.25) is 14.6 Å². The number of likely N-dealkylation sites (tertiary alicyclic amines) is 1. The number of nitrogens with one attached hydrogen (secondary N) is 1. The lowest BCUT2D eigenvalue weighted by atomic mass is 10.0. The molecule has 1 saturated heterocycles. The Morgan fingerprint density at radius 3 is 2.74 bits per heavy atom. The molecule has 140 valence electrons. The number of aromatic nitrogens is 1. The van der Waals surface area contributed by atoms with Gasteiger partial charge in [-0.05, 0) is 49.2 Å². The number of benzene rings is 1. The summed E-state index contributed by atoms with van der Waals surface area (Å²) in [5.74, 6) is -0.691. The summed E-state index contributed by atoms with van der Waals surface area (Å²) in [7, 11) is 0. The van der Waals surface area contributed by atoms with Crippen molar-refractivity contribution in [3.05, 3.63) is 70.2 Å². The maximum Gasteiger partial charge on any atom is 0.253 e. The van der Waals surface area contributed by atoms with Crippen LogP contribution < -0.4 is 5.32 Å². The van der Waals surface area contributed by atoms with Gasteiger partial charge < -0.3 is 10.2 Å². The average molecular weight is 432 g/mol. The first-order chi connectivity index (χ1) is 13.0. The molecule has 0 spiro atoms. The van der Waals surface area contributed by atoms with E-state index in [9.17, 15) is 14.0 Å². The fourth-order valence-electron chi connectivity index (χ4n) is 2.92. The van der Waals surface area contributed by atoms with Crippen molar-refractivity contribution in [2.45, 2.75) is 18.9 Å². The number of hydrogen-bond donors (Lipinski definition) is 1. The van der Waals surface area contributed by atoms with Crippen LogP contribution in [0.2, 0.25) is 0 Å². The minimum absolute atomic E-state index is 0.0215. The van der Waals surface area contributed by atoms with E-state index in [2.05, 4.69) is 26.2 Å². The summed E-state index contributed by atoms with van der Waals surface area (Å²) in [6.45, 7) is 1.09. The molecule has 5 nitrogen and oxygen atoms in total. The topological polar surface area (TPSA) is 62.3 Å². The molecular formula is C20H19BrFN3O2. The lowest BCUT2D eigenvalue weighted by Crippen LogP contribution is -2.46. The van der Waals surface area contributed by atoms with E-state index in [1.807, 2.05) is 0 Å². The Morgan fingerprint density at radius 1 is 1.26 bits per heavy atom. The normalized spacial score (nSPS) is 15.1.